The molecule has 2 heterocycles. The number of halogens is 1. The highest BCUT2D eigenvalue weighted by Crippen LogP contribution is 2.50. The molecule has 1 aliphatic carbocycles. The van der Waals surface area contributed by atoms with Crippen molar-refractivity contribution >= 4 is 23.5 Å². The van der Waals surface area contributed by atoms with Gasteiger partial charge in [-0.2, -0.15) is 0 Å². The molecule has 0 radical (unpaired) electrons. The number of benzene rings is 1. The zero-order valence-corrected chi connectivity index (χ0v) is 17.8. The zero-order valence-electron chi connectivity index (χ0n) is 17.1. The van der Waals surface area contributed by atoms with Gasteiger partial charge in [-0.05, 0) is 51.2 Å². The van der Waals surface area contributed by atoms with Gasteiger partial charge in [0.1, 0.15) is 0 Å². The van der Waals surface area contributed by atoms with E-state index in [1.54, 1.807) is 6.92 Å². The number of rotatable bonds is 3. The molecule has 0 spiro atoms. The summed E-state index contributed by atoms with van der Waals surface area (Å²) in [4.78, 5) is 25.7. The lowest BCUT2D eigenvalue weighted by molar-refractivity contribution is -0.139. The Morgan fingerprint density at radius 2 is 1.93 bits per heavy atom. The molecule has 5 nitrogen and oxygen atoms in total. The van der Waals surface area contributed by atoms with Crippen LogP contribution in [0, 0.1) is 0 Å². The molecule has 29 heavy (non-hydrogen) atoms. The number of fused-ring (bicyclic) bond motifs is 3. The van der Waals surface area contributed by atoms with Crippen molar-refractivity contribution < 1.29 is 19.1 Å². The summed E-state index contributed by atoms with van der Waals surface area (Å²) >= 11 is 6.58. The van der Waals surface area contributed by atoms with Crippen LogP contribution in [-0.2, 0) is 14.3 Å². The molecule has 0 aromatic heterocycles. The highest BCUT2D eigenvalue weighted by atomic mass is 35.5. The third kappa shape index (κ3) is 3.46. The van der Waals surface area contributed by atoms with Crippen LogP contribution in [0.2, 0.25) is 5.02 Å². The molecule has 0 bridgehead atoms. The first kappa shape index (κ1) is 20.0. The van der Waals surface area contributed by atoms with E-state index in [2.05, 4.69) is 11.4 Å². The lowest BCUT2D eigenvalue weighted by atomic mass is 9.76. The number of carbonyl (C=O) groups excluding carboxylic acids is 2. The predicted octanol–water partition coefficient (Wildman–Crippen LogP) is 5.10. The lowest BCUT2D eigenvalue weighted by Crippen LogP contribution is -2.36. The molecule has 6 heteroatoms. The Morgan fingerprint density at radius 1 is 1.21 bits per heavy atom. The fourth-order valence-electron chi connectivity index (χ4n) is 4.83. The molecule has 0 amide bonds. The molecule has 2 aliphatic heterocycles. The quantitative estimate of drug-likeness (QED) is 0.549. The first-order valence-corrected chi connectivity index (χ1v) is 10.7. The van der Waals surface area contributed by atoms with E-state index in [9.17, 15) is 9.59 Å². The summed E-state index contributed by atoms with van der Waals surface area (Å²) in [6.45, 7) is 5.69. The molecule has 1 N–H and O–H groups in total. The summed E-state index contributed by atoms with van der Waals surface area (Å²) in [6.07, 6.45) is 5.94. The summed E-state index contributed by atoms with van der Waals surface area (Å²) in [7, 11) is 0. The van der Waals surface area contributed by atoms with Crippen molar-refractivity contribution in [2.45, 2.75) is 64.7 Å². The smallest absolute Gasteiger partial charge is 0.342 e. The topological polar surface area (TPSA) is 64.6 Å². The van der Waals surface area contributed by atoms with Crippen LogP contribution in [0.4, 0.5) is 0 Å². The van der Waals surface area contributed by atoms with Gasteiger partial charge in [-0.1, -0.05) is 36.9 Å². The average molecular weight is 416 g/mol. The molecular formula is C23H26ClNO4. The van der Waals surface area contributed by atoms with Crippen LogP contribution >= 0.6 is 11.6 Å². The second-order valence-corrected chi connectivity index (χ2v) is 8.41. The third-order valence-electron chi connectivity index (χ3n) is 6.15. The van der Waals surface area contributed by atoms with Gasteiger partial charge in [0.15, 0.2) is 5.75 Å². The highest BCUT2D eigenvalue weighted by Gasteiger charge is 2.43. The maximum Gasteiger partial charge on any atom is 0.342 e. The molecule has 0 saturated heterocycles. The fraction of sp³-hybridized carbons (Fsp3) is 0.478. The van der Waals surface area contributed by atoms with E-state index in [1.165, 1.54) is 19.3 Å². The maximum atomic E-state index is 12.8. The van der Waals surface area contributed by atoms with E-state index in [4.69, 9.17) is 21.1 Å². The van der Waals surface area contributed by atoms with Gasteiger partial charge >= 0.3 is 11.9 Å². The number of carbonyl (C=O) groups is 2. The van der Waals surface area contributed by atoms with E-state index >= 15 is 0 Å². The Balaban J connectivity index is 1.89. The van der Waals surface area contributed by atoms with E-state index < -0.39 is 17.9 Å². The Bertz CT molecular complexity index is 940. The van der Waals surface area contributed by atoms with Crippen LogP contribution in [0.15, 0.2) is 34.7 Å². The molecule has 1 atom stereocenters. The van der Waals surface area contributed by atoms with Crippen molar-refractivity contribution in [3.63, 3.8) is 0 Å². The maximum absolute atomic E-state index is 12.8. The third-order valence-corrected chi connectivity index (χ3v) is 6.43. The summed E-state index contributed by atoms with van der Waals surface area (Å²) in [5.41, 5.74) is 4.20. The van der Waals surface area contributed by atoms with Crippen molar-refractivity contribution in [3.8, 4) is 5.75 Å². The van der Waals surface area contributed by atoms with Crippen molar-refractivity contribution in [2.75, 3.05) is 6.61 Å². The van der Waals surface area contributed by atoms with E-state index in [0.29, 0.717) is 39.2 Å². The first-order valence-electron chi connectivity index (χ1n) is 10.3. The Hall–Kier alpha value is -2.27. The number of esters is 2. The zero-order chi connectivity index (χ0) is 20.7. The molecule has 1 aromatic carbocycles. The Labute approximate surface area is 176 Å². The molecular weight excluding hydrogens is 390 g/mol. The monoisotopic (exact) mass is 415 g/mol. The summed E-state index contributed by atoms with van der Waals surface area (Å²) in [5, 5.41) is 3.57. The Morgan fingerprint density at radius 3 is 2.62 bits per heavy atom. The number of ether oxygens (including phenoxy) is 2. The Kier molecular flexibility index (Phi) is 5.43. The lowest BCUT2D eigenvalue weighted by Gasteiger charge is -2.35. The number of nitrogens with one attached hydrogen (secondary N) is 1. The molecule has 0 unspecified atom stereocenters. The van der Waals surface area contributed by atoms with Gasteiger partial charge in [0.2, 0.25) is 0 Å². The minimum absolute atomic E-state index is 0.264. The molecule has 3 aliphatic rings. The first-order chi connectivity index (χ1) is 13.9. The average Bonchev–Trinajstić information content (AvgIpc) is 2.69. The minimum atomic E-state index is -0.535. The normalized spacial score (nSPS) is 21.9. The number of hydrogen-bond acceptors (Lipinski definition) is 5. The summed E-state index contributed by atoms with van der Waals surface area (Å²) < 4.78 is 10.9. The standard InChI is InChI=1S/C23H26ClNO4/c1-4-28-22(26)18-12(2)25-13(3)19-20(18)16-10-15(14-8-6-5-7-9-14)11-17(24)21(16)29-23(19)27/h10-11,14,20,25H,4-9H2,1-3H3/t20-/m0/s1. The van der Waals surface area contributed by atoms with E-state index in [0.717, 1.165) is 24.0 Å². The predicted molar refractivity (Wildman–Crippen MR) is 111 cm³/mol. The molecule has 1 fully saturated rings. The number of dihydropyridines is 1. The van der Waals surface area contributed by atoms with Gasteiger partial charge in [0.05, 0.1) is 28.7 Å². The van der Waals surface area contributed by atoms with Gasteiger partial charge in [-0.25, -0.2) is 9.59 Å². The van der Waals surface area contributed by atoms with Crippen molar-refractivity contribution in [2.24, 2.45) is 0 Å². The number of hydrogen-bond donors (Lipinski definition) is 1. The minimum Gasteiger partial charge on any atom is -0.463 e. The van der Waals surface area contributed by atoms with Crippen LogP contribution < -0.4 is 10.1 Å². The SMILES string of the molecule is CCOC(=O)C1=C(C)NC(C)=C2C(=O)Oc3c(Cl)cc(C4CCCCC4)cc3[C@@H]12. The highest BCUT2D eigenvalue weighted by molar-refractivity contribution is 6.32. The van der Waals surface area contributed by atoms with Crippen LogP contribution in [0.25, 0.3) is 0 Å². The molecule has 4 rings (SSSR count). The second kappa shape index (κ2) is 7.86. The van der Waals surface area contributed by atoms with Gasteiger partial charge < -0.3 is 14.8 Å². The second-order valence-electron chi connectivity index (χ2n) is 8.00. The largest absolute Gasteiger partial charge is 0.463 e. The van der Waals surface area contributed by atoms with Gasteiger partial charge in [-0.15, -0.1) is 0 Å². The van der Waals surface area contributed by atoms with Crippen LogP contribution in [0.5, 0.6) is 5.75 Å². The number of allylic oxidation sites excluding steroid dienone is 2. The van der Waals surface area contributed by atoms with E-state index in [-0.39, 0.29) is 6.61 Å². The van der Waals surface area contributed by atoms with Crippen LogP contribution in [0.3, 0.4) is 0 Å². The summed E-state index contributed by atoms with van der Waals surface area (Å²) in [5.74, 6) is -0.640. The van der Waals surface area contributed by atoms with Gasteiger partial charge in [-0.3, -0.25) is 0 Å². The van der Waals surface area contributed by atoms with Gasteiger partial charge in [0, 0.05) is 17.0 Å². The van der Waals surface area contributed by atoms with E-state index in [1.807, 2.05) is 19.9 Å². The van der Waals surface area contributed by atoms with Crippen LogP contribution in [-0.4, -0.2) is 18.5 Å². The molecule has 154 valence electrons. The fourth-order valence-corrected chi connectivity index (χ4v) is 5.11. The van der Waals surface area contributed by atoms with Crippen molar-refractivity contribution in [3.05, 3.63) is 50.8 Å². The van der Waals surface area contributed by atoms with Gasteiger partial charge in [0.25, 0.3) is 0 Å². The molecule has 1 saturated carbocycles. The molecule has 1 aromatic rings. The van der Waals surface area contributed by atoms with Crippen molar-refractivity contribution in [1.29, 1.82) is 0 Å². The van der Waals surface area contributed by atoms with Crippen molar-refractivity contribution in [1.82, 2.24) is 5.32 Å². The summed E-state index contributed by atoms with van der Waals surface area (Å²) in [6, 6.07) is 4.01. The van der Waals surface area contributed by atoms with Crippen LogP contribution in [0.1, 0.15) is 75.8 Å².